The molecule has 0 aromatic carbocycles. The minimum atomic E-state index is 0.154. The molecule has 0 rings (SSSR count). The molecule has 0 bridgehead atoms. The number of carbonyl (C=O) groups excluding carboxylic acids is 1. The first kappa shape index (κ1) is 11.6. The van der Waals surface area contributed by atoms with E-state index in [9.17, 15) is 4.79 Å². The van der Waals surface area contributed by atoms with Crippen molar-refractivity contribution >= 4 is 5.78 Å². The van der Waals surface area contributed by atoms with Crippen molar-refractivity contribution in [2.75, 3.05) is 26.9 Å². The molecule has 0 aliphatic rings. The monoisotopic (exact) mass is 174 g/mol. The van der Waals surface area contributed by atoms with Crippen LogP contribution in [0.5, 0.6) is 0 Å². The minimum absolute atomic E-state index is 0.154. The van der Waals surface area contributed by atoms with Gasteiger partial charge in [-0.2, -0.15) is 0 Å². The molecule has 0 heterocycles. The molecular weight excluding hydrogens is 156 g/mol. The summed E-state index contributed by atoms with van der Waals surface area (Å²) in [6, 6.07) is 0. The maximum Gasteiger partial charge on any atom is 0.158 e. The van der Waals surface area contributed by atoms with Crippen LogP contribution >= 0.6 is 0 Å². The van der Waals surface area contributed by atoms with Gasteiger partial charge in [0.25, 0.3) is 0 Å². The molecule has 3 heteroatoms. The van der Waals surface area contributed by atoms with E-state index in [2.05, 4.69) is 0 Å². The highest BCUT2D eigenvalue weighted by atomic mass is 16.5. The summed E-state index contributed by atoms with van der Waals surface area (Å²) in [7, 11) is 1.64. The smallest absolute Gasteiger partial charge is 0.158 e. The van der Waals surface area contributed by atoms with E-state index in [1.165, 1.54) is 0 Å². The van der Waals surface area contributed by atoms with E-state index in [1.54, 1.807) is 7.11 Å². The van der Waals surface area contributed by atoms with Crippen LogP contribution in [0.2, 0.25) is 0 Å². The zero-order valence-electron chi connectivity index (χ0n) is 8.13. The topological polar surface area (TPSA) is 35.5 Å². The van der Waals surface area contributed by atoms with Crippen LogP contribution in [0, 0.1) is 5.92 Å². The fourth-order valence-corrected chi connectivity index (χ4v) is 1.01. The van der Waals surface area contributed by atoms with E-state index in [0.29, 0.717) is 25.6 Å². The molecule has 0 saturated heterocycles. The van der Waals surface area contributed by atoms with Gasteiger partial charge in [-0.25, -0.2) is 0 Å². The minimum Gasteiger partial charge on any atom is -0.384 e. The standard InChI is InChI=1S/C9H18O3/c1-4-12-7-9(10)5-8(2)6-11-3/h8H,4-7H2,1-3H3. The number of Topliss-reactive ketones (excluding diaryl/α,β-unsaturated/α-hetero) is 1. The summed E-state index contributed by atoms with van der Waals surface area (Å²) in [6.07, 6.45) is 0.549. The van der Waals surface area contributed by atoms with Gasteiger partial charge in [-0.05, 0) is 12.8 Å². The Balaban J connectivity index is 3.40. The Labute approximate surface area is 74.0 Å². The zero-order chi connectivity index (χ0) is 9.40. The molecular formula is C9H18O3. The third-order valence-electron chi connectivity index (χ3n) is 1.49. The van der Waals surface area contributed by atoms with Gasteiger partial charge in [-0.3, -0.25) is 4.79 Å². The number of ketones is 1. The lowest BCUT2D eigenvalue weighted by molar-refractivity contribution is -0.124. The average Bonchev–Trinajstić information content (AvgIpc) is 2.01. The lowest BCUT2D eigenvalue weighted by Crippen LogP contribution is -2.15. The quantitative estimate of drug-likeness (QED) is 0.583. The summed E-state index contributed by atoms with van der Waals surface area (Å²) in [5.41, 5.74) is 0. The second-order valence-electron chi connectivity index (χ2n) is 2.94. The van der Waals surface area contributed by atoms with Crippen molar-refractivity contribution in [3.63, 3.8) is 0 Å². The fraction of sp³-hybridized carbons (Fsp3) is 0.889. The molecule has 0 aromatic rings. The molecule has 0 amide bonds. The van der Waals surface area contributed by atoms with Crippen molar-refractivity contribution in [2.24, 2.45) is 5.92 Å². The molecule has 0 saturated carbocycles. The van der Waals surface area contributed by atoms with Crippen molar-refractivity contribution in [1.29, 1.82) is 0 Å². The van der Waals surface area contributed by atoms with Gasteiger partial charge in [0.15, 0.2) is 5.78 Å². The fourth-order valence-electron chi connectivity index (χ4n) is 1.01. The molecule has 12 heavy (non-hydrogen) atoms. The summed E-state index contributed by atoms with van der Waals surface area (Å²) in [6.45, 7) is 5.35. The highest BCUT2D eigenvalue weighted by Crippen LogP contribution is 2.02. The van der Waals surface area contributed by atoms with E-state index >= 15 is 0 Å². The van der Waals surface area contributed by atoms with Crippen molar-refractivity contribution < 1.29 is 14.3 Å². The second-order valence-corrected chi connectivity index (χ2v) is 2.94. The molecule has 1 atom stereocenters. The summed E-state index contributed by atoms with van der Waals surface area (Å²) >= 11 is 0. The number of ether oxygens (including phenoxy) is 2. The molecule has 0 spiro atoms. The zero-order valence-corrected chi connectivity index (χ0v) is 8.13. The van der Waals surface area contributed by atoms with Crippen LogP contribution in [0.15, 0.2) is 0 Å². The maximum atomic E-state index is 11.1. The Morgan fingerprint density at radius 3 is 2.67 bits per heavy atom. The Kier molecular flexibility index (Phi) is 7.00. The first-order valence-corrected chi connectivity index (χ1v) is 4.29. The van der Waals surface area contributed by atoms with Crippen molar-refractivity contribution in [3.05, 3.63) is 0 Å². The first-order chi connectivity index (χ1) is 5.70. The highest BCUT2D eigenvalue weighted by molar-refractivity contribution is 5.79. The molecule has 0 aliphatic carbocycles. The van der Waals surface area contributed by atoms with Gasteiger partial charge >= 0.3 is 0 Å². The van der Waals surface area contributed by atoms with Gasteiger partial charge in [-0.15, -0.1) is 0 Å². The predicted molar refractivity (Wildman–Crippen MR) is 47.2 cm³/mol. The van der Waals surface area contributed by atoms with Gasteiger partial charge in [-0.1, -0.05) is 6.92 Å². The van der Waals surface area contributed by atoms with Crippen molar-refractivity contribution in [3.8, 4) is 0 Å². The van der Waals surface area contributed by atoms with Gasteiger partial charge in [0.05, 0.1) is 0 Å². The summed E-state index contributed by atoms with van der Waals surface area (Å²) in [5.74, 6) is 0.448. The van der Waals surface area contributed by atoms with Crippen molar-refractivity contribution in [2.45, 2.75) is 20.3 Å². The Hall–Kier alpha value is -0.410. The third kappa shape index (κ3) is 6.31. The van der Waals surface area contributed by atoms with E-state index in [-0.39, 0.29) is 12.4 Å². The highest BCUT2D eigenvalue weighted by Gasteiger charge is 2.08. The first-order valence-electron chi connectivity index (χ1n) is 4.29. The predicted octanol–water partition coefficient (Wildman–Crippen LogP) is 1.26. The third-order valence-corrected chi connectivity index (χ3v) is 1.49. The molecule has 0 aliphatic heterocycles. The van der Waals surface area contributed by atoms with Gasteiger partial charge in [0.1, 0.15) is 6.61 Å². The van der Waals surface area contributed by atoms with Gasteiger partial charge in [0.2, 0.25) is 0 Å². The van der Waals surface area contributed by atoms with E-state index < -0.39 is 0 Å². The number of rotatable bonds is 7. The number of hydrogen-bond donors (Lipinski definition) is 0. The largest absolute Gasteiger partial charge is 0.384 e. The number of carbonyl (C=O) groups is 1. The molecule has 0 radical (unpaired) electrons. The van der Waals surface area contributed by atoms with Crippen LogP contribution < -0.4 is 0 Å². The van der Waals surface area contributed by atoms with Crippen LogP contribution in [-0.2, 0) is 14.3 Å². The van der Waals surface area contributed by atoms with Crippen LogP contribution in [-0.4, -0.2) is 32.7 Å². The van der Waals surface area contributed by atoms with E-state index in [1.807, 2.05) is 13.8 Å². The number of methoxy groups -OCH3 is 1. The Bertz CT molecular complexity index is 123. The summed E-state index contributed by atoms with van der Waals surface area (Å²) < 4.78 is 9.90. The SMILES string of the molecule is CCOCC(=O)CC(C)COC. The van der Waals surface area contributed by atoms with E-state index in [4.69, 9.17) is 9.47 Å². The molecule has 0 fully saturated rings. The van der Waals surface area contributed by atoms with Gasteiger partial charge < -0.3 is 9.47 Å². The van der Waals surface area contributed by atoms with Crippen LogP contribution in [0.4, 0.5) is 0 Å². The molecule has 0 N–H and O–H groups in total. The Morgan fingerprint density at radius 2 is 2.17 bits per heavy atom. The van der Waals surface area contributed by atoms with Gasteiger partial charge in [0, 0.05) is 26.7 Å². The molecule has 3 nitrogen and oxygen atoms in total. The van der Waals surface area contributed by atoms with Crippen LogP contribution in [0.1, 0.15) is 20.3 Å². The maximum absolute atomic E-state index is 11.1. The molecule has 72 valence electrons. The Morgan fingerprint density at radius 1 is 1.50 bits per heavy atom. The van der Waals surface area contributed by atoms with Crippen molar-refractivity contribution in [1.82, 2.24) is 0 Å². The average molecular weight is 174 g/mol. The van der Waals surface area contributed by atoms with Crippen LogP contribution in [0.3, 0.4) is 0 Å². The normalized spacial score (nSPS) is 12.9. The lowest BCUT2D eigenvalue weighted by atomic mass is 10.1. The summed E-state index contributed by atoms with van der Waals surface area (Å²) in [4.78, 5) is 11.1. The molecule has 1 unspecified atom stereocenters. The van der Waals surface area contributed by atoms with E-state index in [0.717, 1.165) is 0 Å². The lowest BCUT2D eigenvalue weighted by Gasteiger charge is -2.08. The number of hydrogen-bond acceptors (Lipinski definition) is 3. The molecule has 0 aromatic heterocycles. The summed E-state index contributed by atoms with van der Waals surface area (Å²) in [5, 5.41) is 0. The van der Waals surface area contributed by atoms with Crippen LogP contribution in [0.25, 0.3) is 0 Å². The second kappa shape index (κ2) is 7.25.